The van der Waals surface area contributed by atoms with Gasteiger partial charge in [-0.25, -0.2) is 13.6 Å². The number of hydrogen-bond donors (Lipinski definition) is 1. The molecule has 7 heteroatoms. The minimum absolute atomic E-state index is 0.196. The lowest BCUT2D eigenvalue weighted by Gasteiger charge is -2.36. The molecule has 0 bridgehead atoms. The van der Waals surface area contributed by atoms with Gasteiger partial charge < -0.3 is 14.8 Å². The van der Waals surface area contributed by atoms with Crippen LogP contribution in [0.2, 0.25) is 0 Å². The number of rotatable bonds is 4. The molecule has 0 radical (unpaired) electrons. The Kier molecular flexibility index (Phi) is 6.04. The summed E-state index contributed by atoms with van der Waals surface area (Å²) in [7, 11) is 1.30. The van der Waals surface area contributed by atoms with Crippen molar-refractivity contribution in [1.29, 1.82) is 0 Å². The maximum atomic E-state index is 13.7. The van der Waals surface area contributed by atoms with E-state index in [-0.39, 0.29) is 11.9 Å². The number of hydrogen-bond acceptors (Lipinski definition) is 4. The van der Waals surface area contributed by atoms with Gasteiger partial charge in [-0.05, 0) is 48.2 Å². The highest BCUT2D eigenvalue weighted by atomic mass is 19.1. The number of amides is 1. The van der Waals surface area contributed by atoms with Crippen LogP contribution in [0.1, 0.15) is 53.5 Å². The van der Waals surface area contributed by atoms with E-state index in [4.69, 9.17) is 9.47 Å². The fourth-order valence-corrected chi connectivity index (χ4v) is 3.50. The van der Waals surface area contributed by atoms with Gasteiger partial charge in [0.2, 0.25) is 5.91 Å². The molecule has 1 fully saturated rings. The van der Waals surface area contributed by atoms with E-state index in [1.54, 1.807) is 24.3 Å². The summed E-state index contributed by atoms with van der Waals surface area (Å²) in [6.07, 6.45) is -0.220. The van der Waals surface area contributed by atoms with Gasteiger partial charge in [0.15, 0.2) is 0 Å². The van der Waals surface area contributed by atoms with E-state index in [1.807, 2.05) is 0 Å². The predicted octanol–water partition coefficient (Wildman–Crippen LogP) is 3.85. The third kappa shape index (κ3) is 4.72. The SMILES string of the molecule is COC(=O)c1cccc([C@@H]2C[C@H](NC(C)=O)C[C@H](c3cc(F)cc(F)c3)O2)c1. The molecule has 1 N–H and O–H groups in total. The monoisotopic (exact) mass is 389 g/mol. The van der Waals surface area contributed by atoms with Gasteiger partial charge in [0.05, 0.1) is 24.9 Å². The first-order valence-corrected chi connectivity index (χ1v) is 8.92. The van der Waals surface area contributed by atoms with E-state index in [2.05, 4.69) is 5.32 Å². The number of esters is 1. The number of benzene rings is 2. The van der Waals surface area contributed by atoms with E-state index in [9.17, 15) is 18.4 Å². The summed E-state index contributed by atoms with van der Waals surface area (Å²) in [5.74, 6) is -2.05. The molecular weight excluding hydrogens is 368 g/mol. The second kappa shape index (κ2) is 8.48. The van der Waals surface area contributed by atoms with Crippen molar-refractivity contribution in [2.75, 3.05) is 7.11 Å². The summed E-state index contributed by atoms with van der Waals surface area (Å²) in [4.78, 5) is 23.4. The Morgan fingerprint density at radius 2 is 1.68 bits per heavy atom. The van der Waals surface area contributed by atoms with Gasteiger partial charge in [0, 0.05) is 19.0 Å². The second-order valence-corrected chi connectivity index (χ2v) is 6.80. The first-order valence-electron chi connectivity index (χ1n) is 8.92. The van der Waals surface area contributed by atoms with Crippen LogP contribution in [-0.2, 0) is 14.3 Å². The first-order chi connectivity index (χ1) is 13.4. The first kappa shape index (κ1) is 19.9. The zero-order chi connectivity index (χ0) is 20.3. The van der Waals surface area contributed by atoms with Gasteiger partial charge in [-0.15, -0.1) is 0 Å². The number of carbonyl (C=O) groups is 2. The fourth-order valence-electron chi connectivity index (χ4n) is 3.50. The summed E-state index contributed by atoms with van der Waals surface area (Å²) in [5.41, 5.74) is 1.46. The molecule has 1 amide bonds. The quantitative estimate of drug-likeness (QED) is 0.807. The molecule has 5 nitrogen and oxygen atoms in total. The van der Waals surface area contributed by atoms with Crippen molar-refractivity contribution in [3.63, 3.8) is 0 Å². The molecule has 2 aromatic carbocycles. The van der Waals surface area contributed by atoms with Crippen molar-refractivity contribution in [1.82, 2.24) is 5.32 Å². The van der Waals surface area contributed by atoms with Crippen molar-refractivity contribution in [2.24, 2.45) is 0 Å². The molecule has 0 unspecified atom stereocenters. The maximum absolute atomic E-state index is 13.7. The Balaban J connectivity index is 1.92. The van der Waals surface area contributed by atoms with Gasteiger partial charge in [-0.1, -0.05) is 12.1 Å². The third-order valence-electron chi connectivity index (χ3n) is 4.67. The number of nitrogens with one attached hydrogen (secondary N) is 1. The van der Waals surface area contributed by atoms with Crippen LogP contribution < -0.4 is 5.32 Å². The largest absolute Gasteiger partial charge is 0.465 e. The lowest BCUT2D eigenvalue weighted by molar-refractivity contribution is -0.122. The molecule has 2 aromatic rings. The number of halogens is 2. The van der Waals surface area contributed by atoms with Gasteiger partial charge in [-0.2, -0.15) is 0 Å². The number of carbonyl (C=O) groups excluding carboxylic acids is 2. The molecule has 1 aliphatic heterocycles. The van der Waals surface area contributed by atoms with Crippen LogP contribution in [0.4, 0.5) is 8.78 Å². The smallest absolute Gasteiger partial charge is 0.337 e. The van der Waals surface area contributed by atoms with E-state index < -0.39 is 29.8 Å². The van der Waals surface area contributed by atoms with Crippen LogP contribution in [0.5, 0.6) is 0 Å². The molecule has 0 saturated carbocycles. The molecule has 0 spiro atoms. The molecular formula is C21H21F2NO4. The van der Waals surface area contributed by atoms with Crippen LogP contribution in [-0.4, -0.2) is 25.0 Å². The van der Waals surface area contributed by atoms with E-state index >= 15 is 0 Å². The molecule has 0 aromatic heterocycles. The lowest BCUT2D eigenvalue weighted by Crippen LogP contribution is -2.39. The summed E-state index contributed by atoms with van der Waals surface area (Å²) >= 11 is 0. The average molecular weight is 389 g/mol. The van der Waals surface area contributed by atoms with Crippen LogP contribution in [0.15, 0.2) is 42.5 Å². The summed E-state index contributed by atoms with van der Waals surface area (Å²) in [6, 6.07) is 9.82. The third-order valence-corrected chi connectivity index (χ3v) is 4.67. The maximum Gasteiger partial charge on any atom is 0.337 e. The van der Waals surface area contributed by atoms with Crippen LogP contribution in [0, 0.1) is 11.6 Å². The van der Waals surface area contributed by atoms with Gasteiger partial charge >= 0.3 is 5.97 Å². The Bertz CT molecular complexity index is 866. The van der Waals surface area contributed by atoms with Crippen molar-refractivity contribution < 1.29 is 27.8 Å². The van der Waals surface area contributed by atoms with Crippen molar-refractivity contribution in [2.45, 2.75) is 38.0 Å². The molecule has 0 aliphatic carbocycles. The minimum atomic E-state index is -0.690. The van der Waals surface area contributed by atoms with Crippen molar-refractivity contribution in [3.8, 4) is 0 Å². The van der Waals surface area contributed by atoms with E-state index in [0.717, 1.165) is 11.6 Å². The van der Waals surface area contributed by atoms with Crippen LogP contribution >= 0.6 is 0 Å². The lowest BCUT2D eigenvalue weighted by atomic mass is 9.90. The predicted molar refractivity (Wildman–Crippen MR) is 97.5 cm³/mol. The molecule has 1 aliphatic rings. The highest BCUT2D eigenvalue weighted by molar-refractivity contribution is 5.89. The fraction of sp³-hybridized carbons (Fsp3) is 0.333. The zero-order valence-corrected chi connectivity index (χ0v) is 15.6. The van der Waals surface area contributed by atoms with Gasteiger partial charge in [0.25, 0.3) is 0 Å². The number of methoxy groups -OCH3 is 1. The van der Waals surface area contributed by atoms with Gasteiger partial charge in [0.1, 0.15) is 11.6 Å². The molecule has 3 rings (SSSR count). The summed E-state index contributed by atoms with van der Waals surface area (Å²) < 4.78 is 38.2. The summed E-state index contributed by atoms with van der Waals surface area (Å²) in [5, 5.41) is 2.86. The minimum Gasteiger partial charge on any atom is -0.465 e. The number of ether oxygens (including phenoxy) is 2. The van der Waals surface area contributed by atoms with Crippen molar-refractivity contribution in [3.05, 3.63) is 70.8 Å². The Hall–Kier alpha value is -2.80. The highest BCUT2D eigenvalue weighted by Crippen LogP contribution is 2.39. The normalized spacial score (nSPS) is 21.8. The Labute approximate surface area is 161 Å². The van der Waals surface area contributed by atoms with Gasteiger partial charge in [-0.3, -0.25) is 4.79 Å². The van der Waals surface area contributed by atoms with Crippen LogP contribution in [0.25, 0.3) is 0 Å². The standard InChI is InChI=1S/C21H21F2NO4/c1-12(25)24-18-10-19(13-4-3-5-14(6-13)21(26)27-2)28-20(11-18)15-7-16(22)9-17(23)8-15/h3-9,18-20H,10-11H2,1-2H3,(H,24,25)/t18-,19-,20+/m0/s1. The Morgan fingerprint density at radius 1 is 1.04 bits per heavy atom. The molecule has 1 saturated heterocycles. The Morgan fingerprint density at radius 3 is 2.29 bits per heavy atom. The van der Waals surface area contributed by atoms with Crippen molar-refractivity contribution >= 4 is 11.9 Å². The highest BCUT2D eigenvalue weighted by Gasteiger charge is 2.32. The summed E-state index contributed by atoms with van der Waals surface area (Å²) in [6.45, 7) is 1.42. The average Bonchev–Trinajstić information content (AvgIpc) is 2.66. The van der Waals surface area contributed by atoms with Crippen LogP contribution in [0.3, 0.4) is 0 Å². The van der Waals surface area contributed by atoms with E-state index in [0.29, 0.717) is 24.0 Å². The molecule has 1 heterocycles. The molecule has 28 heavy (non-hydrogen) atoms. The second-order valence-electron chi connectivity index (χ2n) is 6.80. The van der Waals surface area contributed by atoms with E-state index in [1.165, 1.54) is 26.2 Å². The molecule has 3 atom stereocenters. The molecule has 148 valence electrons. The topological polar surface area (TPSA) is 64.6 Å². The zero-order valence-electron chi connectivity index (χ0n) is 15.6.